The first-order valence-electron chi connectivity index (χ1n) is 4.15. The van der Waals surface area contributed by atoms with E-state index in [4.69, 9.17) is 10.2 Å². The largest absolute Gasteiger partial charge is 0.479 e. The number of nitro groups is 1. The van der Waals surface area contributed by atoms with Crippen LogP contribution >= 0.6 is 0 Å². The van der Waals surface area contributed by atoms with E-state index in [1.54, 1.807) is 6.07 Å². The molecule has 1 rings (SSSR count). The highest BCUT2D eigenvalue weighted by atomic mass is 16.6. The lowest BCUT2D eigenvalue weighted by Crippen LogP contribution is -2.22. The normalized spacial score (nSPS) is 12.1. The Kier molecular flexibility index (Phi) is 3.35. The molecule has 0 heterocycles. The minimum absolute atomic E-state index is 0.183. The van der Waals surface area contributed by atoms with Crippen molar-refractivity contribution in [3.63, 3.8) is 0 Å². The van der Waals surface area contributed by atoms with Crippen LogP contribution in [0.3, 0.4) is 0 Å². The molecule has 0 spiro atoms. The van der Waals surface area contributed by atoms with Gasteiger partial charge in [-0.2, -0.15) is 0 Å². The molecule has 0 bridgehead atoms. The van der Waals surface area contributed by atoms with E-state index in [0.29, 0.717) is 0 Å². The molecule has 0 saturated heterocycles. The maximum Gasteiger partial charge on any atom is 0.332 e. The topological polar surface area (TPSA) is 101 Å². The second-order valence-corrected chi connectivity index (χ2v) is 2.94. The number of carbonyl (C=O) groups is 1. The Bertz CT molecular complexity index is 390. The van der Waals surface area contributed by atoms with Crippen molar-refractivity contribution in [2.24, 2.45) is 0 Å². The molecule has 0 saturated carbocycles. The molecule has 80 valence electrons. The number of carboxylic acids is 1. The summed E-state index contributed by atoms with van der Waals surface area (Å²) < 4.78 is 0. The van der Waals surface area contributed by atoms with E-state index < -0.39 is 17.0 Å². The predicted molar refractivity (Wildman–Crippen MR) is 50.4 cm³/mol. The van der Waals surface area contributed by atoms with E-state index in [1.165, 1.54) is 18.2 Å². The van der Waals surface area contributed by atoms with Crippen LogP contribution in [0.5, 0.6) is 0 Å². The molecule has 0 aliphatic heterocycles. The number of rotatable bonds is 4. The van der Waals surface area contributed by atoms with Crippen molar-refractivity contribution in [3.05, 3.63) is 39.9 Å². The fourth-order valence-corrected chi connectivity index (χ4v) is 1.16. The van der Waals surface area contributed by atoms with E-state index in [-0.39, 0.29) is 17.7 Å². The van der Waals surface area contributed by atoms with Crippen LogP contribution in [0.4, 0.5) is 5.69 Å². The maximum absolute atomic E-state index is 10.5. The van der Waals surface area contributed by atoms with Gasteiger partial charge in [-0.1, -0.05) is 18.2 Å². The third-order valence-corrected chi connectivity index (χ3v) is 1.89. The lowest BCUT2D eigenvalue weighted by molar-refractivity contribution is -0.385. The van der Waals surface area contributed by atoms with Crippen LogP contribution in [-0.2, 0) is 11.2 Å². The predicted octanol–water partition coefficient (Wildman–Crippen LogP) is 0.583. The van der Waals surface area contributed by atoms with Gasteiger partial charge < -0.3 is 10.2 Å². The summed E-state index contributed by atoms with van der Waals surface area (Å²) in [4.78, 5) is 20.3. The van der Waals surface area contributed by atoms with Crippen LogP contribution < -0.4 is 0 Å². The average Bonchev–Trinajstić information content (AvgIpc) is 2.18. The van der Waals surface area contributed by atoms with Crippen molar-refractivity contribution in [1.82, 2.24) is 0 Å². The van der Waals surface area contributed by atoms with E-state index in [2.05, 4.69) is 0 Å². The summed E-state index contributed by atoms with van der Waals surface area (Å²) in [5, 5.41) is 28.1. The van der Waals surface area contributed by atoms with Gasteiger partial charge in [-0.25, -0.2) is 4.79 Å². The van der Waals surface area contributed by atoms with Gasteiger partial charge in [0.1, 0.15) is 0 Å². The summed E-state index contributed by atoms with van der Waals surface area (Å²) >= 11 is 0. The summed E-state index contributed by atoms with van der Waals surface area (Å²) in [6, 6.07) is 5.72. The zero-order chi connectivity index (χ0) is 11.4. The second kappa shape index (κ2) is 4.52. The van der Waals surface area contributed by atoms with Gasteiger partial charge in [0.2, 0.25) is 0 Å². The summed E-state index contributed by atoms with van der Waals surface area (Å²) in [7, 11) is 0. The Hall–Kier alpha value is -1.95. The van der Waals surface area contributed by atoms with Gasteiger partial charge in [-0.3, -0.25) is 10.1 Å². The molecule has 0 aliphatic rings. The Balaban J connectivity index is 2.94. The van der Waals surface area contributed by atoms with Crippen molar-refractivity contribution < 1.29 is 19.9 Å². The van der Waals surface area contributed by atoms with E-state index in [9.17, 15) is 14.9 Å². The van der Waals surface area contributed by atoms with Crippen LogP contribution in [0.15, 0.2) is 24.3 Å². The van der Waals surface area contributed by atoms with Crippen LogP contribution in [0.2, 0.25) is 0 Å². The fraction of sp³-hybridized carbons (Fsp3) is 0.222. The molecule has 0 aromatic heterocycles. The highest BCUT2D eigenvalue weighted by molar-refractivity contribution is 5.72. The number of para-hydroxylation sites is 1. The second-order valence-electron chi connectivity index (χ2n) is 2.94. The fourth-order valence-electron chi connectivity index (χ4n) is 1.16. The van der Waals surface area contributed by atoms with Crippen molar-refractivity contribution in [3.8, 4) is 0 Å². The molecule has 0 radical (unpaired) electrons. The highest BCUT2D eigenvalue weighted by Crippen LogP contribution is 2.19. The third-order valence-electron chi connectivity index (χ3n) is 1.89. The van der Waals surface area contributed by atoms with E-state index >= 15 is 0 Å². The molecule has 6 nitrogen and oxygen atoms in total. The molecule has 2 N–H and O–H groups in total. The molecule has 15 heavy (non-hydrogen) atoms. The number of aliphatic hydroxyl groups excluding tert-OH is 1. The summed E-state index contributed by atoms with van der Waals surface area (Å²) in [5.74, 6) is -1.40. The number of aliphatic hydroxyl groups is 1. The molecule has 0 unspecified atom stereocenters. The molecule has 1 aromatic rings. The van der Waals surface area contributed by atoms with Gasteiger partial charge in [0, 0.05) is 18.1 Å². The Labute approximate surface area is 84.9 Å². The molecule has 1 aromatic carbocycles. The first-order chi connectivity index (χ1) is 7.02. The summed E-state index contributed by atoms with van der Waals surface area (Å²) in [5.41, 5.74) is 0.0233. The highest BCUT2D eigenvalue weighted by Gasteiger charge is 2.19. The van der Waals surface area contributed by atoms with Crippen LogP contribution in [0, 0.1) is 10.1 Å². The molecule has 0 amide bonds. The monoisotopic (exact) mass is 211 g/mol. The van der Waals surface area contributed by atoms with E-state index in [0.717, 1.165) is 0 Å². The van der Waals surface area contributed by atoms with Gasteiger partial charge in [0.05, 0.1) is 4.92 Å². The standard InChI is InChI=1S/C9H9NO5/c11-8(9(12)13)5-6-3-1-2-4-7(6)10(14)15/h1-4,8,11H,5H2,(H,12,13)/t8-/m1/s1. The number of nitro benzene ring substituents is 1. The summed E-state index contributed by atoms with van der Waals surface area (Å²) in [6.07, 6.45) is -1.89. The minimum atomic E-state index is -1.62. The Morgan fingerprint density at radius 3 is 2.60 bits per heavy atom. The third kappa shape index (κ3) is 2.75. The number of nitrogens with zero attached hydrogens (tertiary/aromatic N) is 1. The lowest BCUT2D eigenvalue weighted by atomic mass is 10.1. The number of aliphatic carboxylic acids is 1. The van der Waals surface area contributed by atoms with Gasteiger partial charge in [-0.15, -0.1) is 0 Å². The lowest BCUT2D eigenvalue weighted by Gasteiger charge is -2.05. The first-order valence-corrected chi connectivity index (χ1v) is 4.15. The quantitative estimate of drug-likeness (QED) is 0.560. The summed E-state index contributed by atoms with van der Waals surface area (Å²) in [6.45, 7) is 0. The molecular formula is C9H9NO5. The average molecular weight is 211 g/mol. The number of carboxylic acid groups (broad SMARTS) is 1. The van der Waals surface area contributed by atoms with Crippen molar-refractivity contribution >= 4 is 11.7 Å². The van der Waals surface area contributed by atoms with Gasteiger partial charge in [-0.05, 0) is 0 Å². The zero-order valence-corrected chi connectivity index (χ0v) is 7.66. The zero-order valence-electron chi connectivity index (χ0n) is 7.66. The Morgan fingerprint density at radius 2 is 2.07 bits per heavy atom. The molecule has 0 aliphatic carbocycles. The Morgan fingerprint density at radius 1 is 1.47 bits per heavy atom. The molecular weight excluding hydrogens is 202 g/mol. The van der Waals surface area contributed by atoms with Gasteiger partial charge in [0.25, 0.3) is 5.69 Å². The number of hydrogen-bond acceptors (Lipinski definition) is 4. The van der Waals surface area contributed by atoms with Crippen LogP contribution in [-0.4, -0.2) is 27.2 Å². The maximum atomic E-state index is 10.5. The smallest absolute Gasteiger partial charge is 0.332 e. The van der Waals surface area contributed by atoms with Gasteiger partial charge in [0.15, 0.2) is 6.10 Å². The van der Waals surface area contributed by atoms with Crippen LogP contribution in [0.1, 0.15) is 5.56 Å². The number of hydrogen-bond donors (Lipinski definition) is 2. The van der Waals surface area contributed by atoms with Crippen molar-refractivity contribution in [2.45, 2.75) is 12.5 Å². The SMILES string of the molecule is O=C(O)[C@H](O)Cc1ccccc1[N+](=O)[O-]. The first kappa shape index (κ1) is 11.1. The molecule has 6 heteroatoms. The molecule has 1 atom stereocenters. The van der Waals surface area contributed by atoms with Crippen molar-refractivity contribution in [2.75, 3.05) is 0 Å². The van der Waals surface area contributed by atoms with Crippen LogP contribution in [0.25, 0.3) is 0 Å². The minimum Gasteiger partial charge on any atom is -0.479 e. The molecule has 0 fully saturated rings. The van der Waals surface area contributed by atoms with Crippen molar-refractivity contribution in [1.29, 1.82) is 0 Å². The van der Waals surface area contributed by atoms with Gasteiger partial charge >= 0.3 is 5.97 Å². The van der Waals surface area contributed by atoms with E-state index in [1.807, 2.05) is 0 Å². The number of benzene rings is 1.